The summed E-state index contributed by atoms with van der Waals surface area (Å²) in [5.41, 5.74) is 0.383. The maximum absolute atomic E-state index is 13.2. The Balaban J connectivity index is 2.98. The normalized spacial score (nSPS) is 11.9. The van der Waals surface area contributed by atoms with Gasteiger partial charge in [0.2, 0.25) is 0 Å². The van der Waals surface area contributed by atoms with E-state index in [2.05, 4.69) is 16.6 Å². The molecule has 5 heteroatoms. The Morgan fingerprint density at radius 2 is 2.41 bits per heavy atom. The van der Waals surface area contributed by atoms with Crippen molar-refractivity contribution >= 4 is 5.97 Å². The fourth-order valence-electron chi connectivity index (χ4n) is 1.36. The zero-order valence-corrected chi connectivity index (χ0v) is 9.44. The summed E-state index contributed by atoms with van der Waals surface area (Å²) in [4.78, 5) is 11.5. The fourth-order valence-corrected chi connectivity index (χ4v) is 1.36. The van der Waals surface area contributed by atoms with Crippen LogP contribution in [0.2, 0.25) is 0 Å². The first kappa shape index (κ1) is 13.2. The number of aromatic hydroxyl groups is 1. The smallest absolute Gasteiger partial charge is 0.327 e. The standard InChI is InChI=1S/C12H14FNO3/c1-3-6-14-11(12(16)17-2)8-4-5-10(15)9(13)7-8/h3-5,7,11,14-15H,1,6H2,2H3. The summed E-state index contributed by atoms with van der Waals surface area (Å²) in [5.74, 6) is -1.77. The number of phenolic OH excluding ortho intramolecular Hbond substituents is 1. The molecule has 0 saturated heterocycles. The maximum Gasteiger partial charge on any atom is 0.327 e. The van der Waals surface area contributed by atoms with E-state index < -0.39 is 23.6 Å². The van der Waals surface area contributed by atoms with Gasteiger partial charge in [-0.1, -0.05) is 12.1 Å². The number of phenols is 1. The Morgan fingerprint density at radius 1 is 1.71 bits per heavy atom. The number of carbonyl (C=O) groups is 1. The Hall–Kier alpha value is -1.88. The first-order valence-electron chi connectivity index (χ1n) is 5.00. The second-order valence-electron chi connectivity index (χ2n) is 3.36. The summed E-state index contributed by atoms with van der Waals surface area (Å²) < 4.78 is 17.8. The molecule has 17 heavy (non-hydrogen) atoms. The average molecular weight is 239 g/mol. The lowest BCUT2D eigenvalue weighted by molar-refractivity contribution is -0.143. The van der Waals surface area contributed by atoms with Gasteiger partial charge in [-0.05, 0) is 17.7 Å². The number of hydrogen-bond acceptors (Lipinski definition) is 4. The van der Waals surface area contributed by atoms with Gasteiger partial charge >= 0.3 is 5.97 Å². The third-order valence-electron chi connectivity index (χ3n) is 2.21. The number of benzene rings is 1. The van der Waals surface area contributed by atoms with Crippen LogP contribution in [-0.4, -0.2) is 24.7 Å². The van der Waals surface area contributed by atoms with Crippen LogP contribution >= 0.6 is 0 Å². The van der Waals surface area contributed by atoms with Gasteiger partial charge in [-0.3, -0.25) is 5.32 Å². The molecule has 0 bridgehead atoms. The van der Waals surface area contributed by atoms with Gasteiger partial charge in [0.05, 0.1) is 7.11 Å². The zero-order chi connectivity index (χ0) is 12.8. The molecule has 1 atom stereocenters. The maximum atomic E-state index is 13.2. The van der Waals surface area contributed by atoms with Crippen molar-refractivity contribution in [3.63, 3.8) is 0 Å². The molecule has 0 aliphatic carbocycles. The van der Waals surface area contributed by atoms with Crippen LogP contribution in [0.3, 0.4) is 0 Å². The van der Waals surface area contributed by atoms with Crippen LogP contribution in [0, 0.1) is 5.82 Å². The summed E-state index contributed by atoms with van der Waals surface area (Å²) in [6.07, 6.45) is 1.58. The van der Waals surface area contributed by atoms with Gasteiger partial charge in [0.1, 0.15) is 6.04 Å². The second-order valence-corrected chi connectivity index (χ2v) is 3.36. The molecule has 1 unspecified atom stereocenters. The third-order valence-corrected chi connectivity index (χ3v) is 2.21. The summed E-state index contributed by atoms with van der Waals surface area (Å²) >= 11 is 0. The number of carbonyl (C=O) groups excluding carboxylic acids is 1. The minimum absolute atomic E-state index is 0.377. The van der Waals surface area contributed by atoms with E-state index in [1.165, 1.54) is 19.2 Å². The molecule has 0 aliphatic heterocycles. The predicted octanol–water partition coefficient (Wildman–Crippen LogP) is 1.52. The topological polar surface area (TPSA) is 58.6 Å². The van der Waals surface area contributed by atoms with Crippen molar-refractivity contribution in [3.05, 3.63) is 42.2 Å². The SMILES string of the molecule is C=CCNC(C(=O)OC)c1ccc(O)c(F)c1. The number of methoxy groups -OCH3 is 1. The van der Waals surface area contributed by atoms with E-state index >= 15 is 0 Å². The molecule has 4 nitrogen and oxygen atoms in total. The Kier molecular flexibility index (Phi) is 4.66. The number of halogens is 1. The molecular formula is C12H14FNO3. The highest BCUT2D eigenvalue weighted by Gasteiger charge is 2.21. The quantitative estimate of drug-likeness (QED) is 0.604. The van der Waals surface area contributed by atoms with Crippen molar-refractivity contribution in [1.82, 2.24) is 5.32 Å². The first-order chi connectivity index (χ1) is 8.10. The summed E-state index contributed by atoms with van der Waals surface area (Å²) in [6.45, 7) is 3.89. The lowest BCUT2D eigenvalue weighted by Gasteiger charge is -2.16. The van der Waals surface area contributed by atoms with Gasteiger partial charge in [0, 0.05) is 6.54 Å². The monoisotopic (exact) mass is 239 g/mol. The Labute approximate surface area is 98.7 Å². The number of esters is 1. The highest BCUT2D eigenvalue weighted by Crippen LogP contribution is 2.21. The van der Waals surface area contributed by atoms with Crippen LogP contribution in [0.4, 0.5) is 4.39 Å². The lowest BCUT2D eigenvalue weighted by atomic mass is 10.1. The molecule has 1 rings (SSSR count). The molecule has 2 N–H and O–H groups in total. The second kappa shape index (κ2) is 6.00. The molecule has 0 aromatic heterocycles. The summed E-state index contributed by atoms with van der Waals surface area (Å²) in [6, 6.07) is 2.95. The van der Waals surface area contributed by atoms with Crippen LogP contribution in [0.15, 0.2) is 30.9 Å². The molecule has 1 aromatic carbocycles. The third kappa shape index (κ3) is 3.29. The molecule has 0 radical (unpaired) electrons. The van der Waals surface area contributed by atoms with Crippen molar-refractivity contribution in [3.8, 4) is 5.75 Å². The van der Waals surface area contributed by atoms with Crippen LogP contribution in [0.1, 0.15) is 11.6 Å². The van der Waals surface area contributed by atoms with Crippen molar-refractivity contribution < 1.29 is 19.0 Å². The fraction of sp³-hybridized carbons (Fsp3) is 0.250. The molecule has 92 valence electrons. The van der Waals surface area contributed by atoms with E-state index in [0.29, 0.717) is 12.1 Å². The van der Waals surface area contributed by atoms with Gasteiger partial charge in [0.15, 0.2) is 11.6 Å². The van der Waals surface area contributed by atoms with Crippen molar-refractivity contribution in [2.24, 2.45) is 0 Å². The average Bonchev–Trinajstić information content (AvgIpc) is 2.33. The molecule has 0 saturated carbocycles. The van der Waals surface area contributed by atoms with Gasteiger partial charge < -0.3 is 9.84 Å². The minimum Gasteiger partial charge on any atom is -0.505 e. The highest BCUT2D eigenvalue weighted by atomic mass is 19.1. The van der Waals surface area contributed by atoms with Crippen LogP contribution < -0.4 is 5.32 Å². The molecular weight excluding hydrogens is 225 g/mol. The number of hydrogen-bond donors (Lipinski definition) is 2. The van der Waals surface area contributed by atoms with E-state index in [-0.39, 0.29) is 0 Å². The lowest BCUT2D eigenvalue weighted by Crippen LogP contribution is -2.29. The molecule has 0 fully saturated rings. The van der Waals surface area contributed by atoms with E-state index in [0.717, 1.165) is 6.07 Å². The van der Waals surface area contributed by atoms with Crippen LogP contribution in [0.5, 0.6) is 5.75 Å². The molecule has 0 aliphatic rings. The van der Waals surface area contributed by atoms with Crippen LogP contribution in [0.25, 0.3) is 0 Å². The van der Waals surface area contributed by atoms with Crippen molar-refractivity contribution in [2.45, 2.75) is 6.04 Å². The first-order valence-corrected chi connectivity index (χ1v) is 5.00. The van der Waals surface area contributed by atoms with Gasteiger partial charge in [-0.25, -0.2) is 9.18 Å². The zero-order valence-electron chi connectivity index (χ0n) is 9.44. The van der Waals surface area contributed by atoms with Gasteiger partial charge in [-0.15, -0.1) is 6.58 Å². The molecule has 1 aromatic rings. The predicted molar refractivity (Wildman–Crippen MR) is 61.0 cm³/mol. The highest BCUT2D eigenvalue weighted by molar-refractivity contribution is 5.77. The van der Waals surface area contributed by atoms with Gasteiger partial charge in [0.25, 0.3) is 0 Å². The van der Waals surface area contributed by atoms with E-state index in [1.54, 1.807) is 6.08 Å². The number of rotatable bonds is 5. The van der Waals surface area contributed by atoms with E-state index in [4.69, 9.17) is 5.11 Å². The summed E-state index contributed by atoms with van der Waals surface area (Å²) in [7, 11) is 1.25. The molecule has 0 amide bonds. The number of nitrogens with one attached hydrogen (secondary N) is 1. The largest absolute Gasteiger partial charge is 0.505 e. The Bertz CT molecular complexity index is 420. The Morgan fingerprint density at radius 3 is 2.94 bits per heavy atom. The summed E-state index contributed by atoms with van der Waals surface area (Å²) in [5, 5.41) is 11.9. The number of ether oxygens (including phenoxy) is 1. The van der Waals surface area contributed by atoms with E-state index in [9.17, 15) is 9.18 Å². The molecule has 0 heterocycles. The van der Waals surface area contributed by atoms with Crippen molar-refractivity contribution in [1.29, 1.82) is 0 Å². The molecule has 0 spiro atoms. The van der Waals surface area contributed by atoms with E-state index in [1.807, 2.05) is 0 Å². The van der Waals surface area contributed by atoms with Gasteiger partial charge in [-0.2, -0.15) is 0 Å². The van der Waals surface area contributed by atoms with Crippen LogP contribution in [-0.2, 0) is 9.53 Å². The minimum atomic E-state index is -0.784. The van der Waals surface area contributed by atoms with Crippen molar-refractivity contribution in [2.75, 3.05) is 13.7 Å².